The van der Waals surface area contributed by atoms with Gasteiger partial charge in [-0.15, -0.1) is 5.10 Å². The summed E-state index contributed by atoms with van der Waals surface area (Å²) in [5.41, 5.74) is 0. The van der Waals surface area contributed by atoms with Crippen LogP contribution in [0.3, 0.4) is 0 Å². The van der Waals surface area contributed by atoms with Crippen LogP contribution in [0.25, 0.3) is 0 Å². The Morgan fingerprint density at radius 1 is 1.21 bits per heavy atom. The number of ether oxygens (including phenoxy) is 1. The zero-order valence-corrected chi connectivity index (χ0v) is 16.4. The van der Waals surface area contributed by atoms with Gasteiger partial charge in [0.25, 0.3) is 6.36 Å². The standard InChI is InChI=1S/C18H23F3N4O3S/c19-9-8-16(20)18(21)28-14-4-6-15(7-5-14)29(26,27)24-13-3-1-2-12(10-13)17-11-22-25-23-17/h4-7,11-13,16-18,24H,1-3,8-10H2/t12-,13+,16?,17?,18?/m1/s1. The molecule has 1 aromatic rings. The molecule has 3 unspecified atom stereocenters. The SMILES string of the molecule is O=S(=O)(N[C@H]1CCC[C@@H](C2C=NN=N2)C1)c1ccc(OC(F)C(F)CCF)cc1. The fraction of sp³-hybridized carbons (Fsp3) is 0.611. The van der Waals surface area contributed by atoms with Gasteiger partial charge in [-0.3, -0.25) is 4.39 Å². The van der Waals surface area contributed by atoms with Crippen LogP contribution in [0.1, 0.15) is 32.1 Å². The van der Waals surface area contributed by atoms with Gasteiger partial charge in [-0.2, -0.15) is 9.50 Å². The monoisotopic (exact) mass is 432 g/mol. The van der Waals surface area contributed by atoms with E-state index < -0.39 is 35.6 Å². The fourth-order valence-corrected chi connectivity index (χ4v) is 4.79. The molecule has 0 spiro atoms. The molecule has 1 N–H and O–H groups in total. The minimum Gasteiger partial charge on any atom is -0.457 e. The van der Waals surface area contributed by atoms with Crippen molar-refractivity contribution < 1.29 is 26.3 Å². The van der Waals surface area contributed by atoms with Crippen LogP contribution in [0, 0.1) is 5.92 Å². The highest BCUT2D eigenvalue weighted by atomic mass is 32.2. The third kappa shape index (κ3) is 5.75. The van der Waals surface area contributed by atoms with Crippen LogP contribution in [0.5, 0.6) is 5.75 Å². The first-order chi connectivity index (χ1) is 13.9. The lowest BCUT2D eigenvalue weighted by Crippen LogP contribution is -2.40. The van der Waals surface area contributed by atoms with E-state index in [2.05, 4.69) is 20.2 Å². The quantitative estimate of drug-likeness (QED) is 0.645. The first-order valence-corrected chi connectivity index (χ1v) is 10.9. The van der Waals surface area contributed by atoms with Gasteiger partial charge >= 0.3 is 0 Å². The summed E-state index contributed by atoms with van der Waals surface area (Å²) < 4.78 is 71.7. The van der Waals surface area contributed by atoms with Crippen LogP contribution in [0.2, 0.25) is 0 Å². The van der Waals surface area contributed by atoms with Gasteiger partial charge in [0, 0.05) is 12.5 Å². The number of halogens is 3. The molecular weight excluding hydrogens is 409 g/mol. The number of nitrogens with one attached hydrogen (secondary N) is 1. The predicted octanol–water partition coefficient (Wildman–Crippen LogP) is 3.72. The summed E-state index contributed by atoms with van der Waals surface area (Å²) in [4.78, 5) is -0.00921. The van der Waals surface area contributed by atoms with E-state index in [1.54, 1.807) is 6.21 Å². The van der Waals surface area contributed by atoms with Crippen LogP contribution in [0.4, 0.5) is 13.2 Å². The van der Waals surface area contributed by atoms with Crippen molar-refractivity contribution in [1.29, 1.82) is 0 Å². The Morgan fingerprint density at radius 3 is 2.62 bits per heavy atom. The van der Waals surface area contributed by atoms with Gasteiger partial charge < -0.3 is 4.74 Å². The Labute approximate surface area is 167 Å². The minimum atomic E-state index is -3.79. The van der Waals surface area contributed by atoms with Gasteiger partial charge in [-0.25, -0.2) is 17.5 Å². The number of benzene rings is 1. The highest BCUT2D eigenvalue weighted by molar-refractivity contribution is 7.89. The first kappa shape index (κ1) is 21.7. The normalized spacial score (nSPS) is 26.4. The van der Waals surface area contributed by atoms with Crippen molar-refractivity contribution in [2.24, 2.45) is 21.4 Å². The number of sulfonamides is 1. The summed E-state index contributed by atoms with van der Waals surface area (Å²) >= 11 is 0. The van der Waals surface area contributed by atoms with Gasteiger partial charge in [-0.05, 0) is 54.7 Å². The number of nitrogens with zero attached hydrogens (tertiary/aromatic N) is 3. The number of rotatable bonds is 9. The molecule has 0 amide bonds. The van der Waals surface area contributed by atoms with E-state index >= 15 is 0 Å². The van der Waals surface area contributed by atoms with Crippen LogP contribution in [0.15, 0.2) is 44.6 Å². The number of hydrogen-bond donors (Lipinski definition) is 1. The highest BCUT2D eigenvalue weighted by Crippen LogP contribution is 2.30. The van der Waals surface area contributed by atoms with Gasteiger partial charge in [0.05, 0.1) is 17.8 Å². The summed E-state index contributed by atoms with van der Waals surface area (Å²) in [7, 11) is -3.79. The first-order valence-electron chi connectivity index (χ1n) is 9.45. The lowest BCUT2D eigenvalue weighted by atomic mass is 9.82. The van der Waals surface area contributed by atoms with E-state index in [0.29, 0.717) is 12.8 Å². The zero-order valence-electron chi connectivity index (χ0n) is 15.6. The Kier molecular flexibility index (Phi) is 7.23. The Balaban J connectivity index is 1.59. The Hall–Kier alpha value is -2.01. The van der Waals surface area contributed by atoms with Crippen molar-refractivity contribution in [3.63, 3.8) is 0 Å². The van der Waals surface area contributed by atoms with Gasteiger partial charge in [0.2, 0.25) is 10.0 Å². The maximum Gasteiger partial charge on any atom is 0.269 e. The molecule has 0 radical (unpaired) electrons. The molecule has 160 valence electrons. The molecule has 1 heterocycles. The molecule has 0 saturated heterocycles. The molecule has 1 fully saturated rings. The third-order valence-electron chi connectivity index (χ3n) is 5.03. The Bertz CT molecular complexity index is 823. The molecule has 3 rings (SSSR count). The van der Waals surface area contributed by atoms with E-state index in [4.69, 9.17) is 4.74 Å². The van der Waals surface area contributed by atoms with Crippen LogP contribution in [-0.2, 0) is 10.0 Å². The molecular formula is C18H23F3N4O3S. The van der Waals surface area contributed by atoms with Crippen molar-refractivity contribution in [1.82, 2.24) is 4.72 Å². The van der Waals surface area contributed by atoms with Crippen molar-refractivity contribution in [3.05, 3.63) is 24.3 Å². The van der Waals surface area contributed by atoms with Crippen molar-refractivity contribution in [2.45, 2.75) is 61.6 Å². The summed E-state index contributed by atoms with van der Waals surface area (Å²) in [6, 6.07) is 4.65. The molecule has 7 nitrogen and oxygen atoms in total. The molecule has 11 heteroatoms. The topological polar surface area (TPSA) is 92.5 Å². The molecule has 29 heavy (non-hydrogen) atoms. The average molecular weight is 432 g/mol. The second-order valence-electron chi connectivity index (χ2n) is 7.14. The molecule has 1 aromatic carbocycles. The molecule has 5 atom stereocenters. The lowest BCUT2D eigenvalue weighted by Gasteiger charge is -2.30. The summed E-state index contributed by atoms with van der Waals surface area (Å²) in [5.74, 6) is 0.142. The van der Waals surface area contributed by atoms with Crippen molar-refractivity contribution >= 4 is 16.2 Å². The maximum atomic E-state index is 13.6. The second kappa shape index (κ2) is 9.66. The third-order valence-corrected chi connectivity index (χ3v) is 6.56. The largest absolute Gasteiger partial charge is 0.457 e. The van der Waals surface area contributed by atoms with E-state index in [9.17, 15) is 21.6 Å². The molecule has 0 aromatic heterocycles. The van der Waals surface area contributed by atoms with Gasteiger partial charge in [0.15, 0.2) is 6.17 Å². The van der Waals surface area contributed by atoms with E-state index in [0.717, 1.165) is 12.8 Å². The Morgan fingerprint density at radius 2 is 1.97 bits per heavy atom. The van der Waals surface area contributed by atoms with E-state index in [1.165, 1.54) is 24.3 Å². The van der Waals surface area contributed by atoms with Gasteiger partial charge in [0.1, 0.15) is 11.8 Å². The summed E-state index contributed by atoms with van der Waals surface area (Å²) in [6.45, 7) is -0.994. The fourth-order valence-electron chi connectivity index (χ4n) is 3.50. The van der Waals surface area contributed by atoms with Crippen LogP contribution in [-0.4, -0.2) is 45.9 Å². The van der Waals surface area contributed by atoms with E-state index in [-0.39, 0.29) is 28.6 Å². The van der Waals surface area contributed by atoms with Crippen LogP contribution < -0.4 is 9.46 Å². The predicted molar refractivity (Wildman–Crippen MR) is 101 cm³/mol. The maximum absolute atomic E-state index is 13.6. The molecule has 1 aliphatic heterocycles. The second-order valence-corrected chi connectivity index (χ2v) is 8.85. The zero-order chi connectivity index (χ0) is 20.9. The van der Waals surface area contributed by atoms with Crippen molar-refractivity contribution in [2.75, 3.05) is 6.67 Å². The molecule has 2 aliphatic rings. The average Bonchev–Trinajstić information content (AvgIpc) is 3.23. The molecule has 0 bridgehead atoms. The number of hydrogen-bond acceptors (Lipinski definition) is 6. The van der Waals surface area contributed by atoms with Gasteiger partial charge in [-0.1, -0.05) is 6.42 Å². The highest BCUT2D eigenvalue weighted by Gasteiger charge is 2.31. The molecule has 1 aliphatic carbocycles. The van der Waals surface area contributed by atoms with Crippen molar-refractivity contribution in [3.8, 4) is 5.75 Å². The van der Waals surface area contributed by atoms with E-state index in [1.807, 2.05) is 0 Å². The molecule has 1 saturated carbocycles. The minimum absolute atomic E-state index is 0.00921. The van der Waals surface area contributed by atoms with Crippen LogP contribution >= 0.6 is 0 Å². The lowest BCUT2D eigenvalue weighted by molar-refractivity contribution is -0.0112. The smallest absolute Gasteiger partial charge is 0.269 e. The summed E-state index contributed by atoms with van der Waals surface area (Å²) in [5, 5.41) is 11.4. The summed E-state index contributed by atoms with van der Waals surface area (Å²) in [6.07, 6.45) is -0.189. The number of alkyl halides is 3.